The van der Waals surface area contributed by atoms with E-state index >= 15 is 0 Å². The molecule has 1 unspecified atom stereocenters. The summed E-state index contributed by atoms with van der Waals surface area (Å²) >= 11 is 0. The lowest BCUT2D eigenvalue weighted by Crippen LogP contribution is -2.38. The summed E-state index contributed by atoms with van der Waals surface area (Å²) in [5.74, 6) is 0.744. The average molecular weight is 291 g/mol. The van der Waals surface area contributed by atoms with E-state index in [9.17, 15) is 4.79 Å². The summed E-state index contributed by atoms with van der Waals surface area (Å²) in [6, 6.07) is 9.52. The fraction of sp³-hybridized carbons (Fsp3) is 0.611. The lowest BCUT2D eigenvalue weighted by atomic mass is 10.1. The zero-order chi connectivity index (χ0) is 15.3. The minimum atomic E-state index is -0.396. The van der Waals surface area contributed by atoms with Crippen molar-refractivity contribution < 1.29 is 9.53 Å². The third-order valence-electron chi connectivity index (χ3n) is 3.51. The Morgan fingerprint density at radius 3 is 2.38 bits per heavy atom. The van der Waals surface area contributed by atoms with Crippen LogP contribution in [0.1, 0.15) is 58.8 Å². The first-order chi connectivity index (χ1) is 10.3. The minimum absolute atomic E-state index is 0.00471. The van der Waals surface area contributed by atoms with Crippen LogP contribution in [0, 0.1) is 0 Å². The molecule has 0 spiro atoms. The molecule has 0 fully saturated rings. The normalized spacial score (nSPS) is 11.9. The fourth-order valence-corrected chi connectivity index (χ4v) is 2.22. The van der Waals surface area contributed by atoms with Crippen LogP contribution in [0.5, 0.6) is 5.75 Å². The Bertz CT molecular complexity index is 378. The van der Waals surface area contributed by atoms with Crippen LogP contribution in [-0.4, -0.2) is 18.6 Å². The van der Waals surface area contributed by atoms with Gasteiger partial charge in [0.15, 0.2) is 6.10 Å². The Balaban J connectivity index is 2.19. The van der Waals surface area contributed by atoms with E-state index in [2.05, 4.69) is 12.2 Å². The molecule has 1 aromatic rings. The van der Waals surface area contributed by atoms with Gasteiger partial charge in [0.2, 0.25) is 0 Å². The van der Waals surface area contributed by atoms with Crippen molar-refractivity contribution in [1.29, 1.82) is 0 Å². The molecule has 1 rings (SSSR count). The van der Waals surface area contributed by atoms with E-state index in [4.69, 9.17) is 4.74 Å². The molecular weight excluding hydrogens is 262 g/mol. The molecule has 1 amide bonds. The molecular formula is C18H29NO2. The summed E-state index contributed by atoms with van der Waals surface area (Å²) in [5.41, 5.74) is 0. The number of benzene rings is 1. The van der Waals surface area contributed by atoms with Crippen molar-refractivity contribution in [3.8, 4) is 5.75 Å². The van der Waals surface area contributed by atoms with E-state index in [0.717, 1.165) is 18.7 Å². The first-order valence-corrected chi connectivity index (χ1v) is 8.27. The summed E-state index contributed by atoms with van der Waals surface area (Å²) in [4.78, 5) is 12.1. The van der Waals surface area contributed by atoms with Crippen molar-refractivity contribution >= 4 is 5.91 Å². The average Bonchev–Trinajstić information content (AvgIpc) is 2.52. The van der Waals surface area contributed by atoms with Crippen LogP contribution in [0.4, 0.5) is 0 Å². The van der Waals surface area contributed by atoms with Gasteiger partial charge >= 0.3 is 0 Å². The number of hydrogen-bond acceptors (Lipinski definition) is 2. The van der Waals surface area contributed by atoms with E-state index in [0.29, 0.717) is 6.42 Å². The Morgan fingerprint density at radius 1 is 1.05 bits per heavy atom. The first kappa shape index (κ1) is 17.5. The molecule has 0 saturated heterocycles. The van der Waals surface area contributed by atoms with E-state index in [1.807, 2.05) is 37.3 Å². The molecule has 118 valence electrons. The molecule has 0 saturated carbocycles. The molecule has 3 nitrogen and oxygen atoms in total. The van der Waals surface area contributed by atoms with Crippen LogP contribution in [-0.2, 0) is 4.79 Å². The molecule has 0 aliphatic carbocycles. The molecule has 0 aromatic heterocycles. The van der Waals surface area contributed by atoms with Crippen LogP contribution in [0.25, 0.3) is 0 Å². The lowest BCUT2D eigenvalue weighted by Gasteiger charge is -2.17. The number of rotatable bonds is 11. The van der Waals surface area contributed by atoms with Crippen molar-refractivity contribution in [3.05, 3.63) is 30.3 Å². The maximum atomic E-state index is 12.1. The van der Waals surface area contributed by atoms with Crippen molar-refractivity contribution in [2.24, 2.45) is 0 Å². The van der Waals surface area contributed by atoms with Crippen LogP contribution < -0.4 is 10.1 Å². The predicted molar refractivity (Wildman–Crippen MR) is 87.5 cm³/mol. The summed E-state index contributed by atoms with van der Waals surface area (Å²) in [5, 5.41) is 2.98. The van der Waals surface area contributed by atoms with Gasteiger partial charge in [0, 0.05) is 6.54 Å². The number of unbranched alkanes of at least 4 members (excludes halogenated alkanes) is 5. The van der Waals surface area contributed by atoms with E-state index < -0.39 is 6.10 Å². The number of hydrogen-bond donors (Lipinski definition) is 1. The maximum Gasteiger partial charge on any atom is 0.261 e. The van der Waals surface area contributed by atoms with Crippen molar-refractivity contribution in [2.45, 2.75) is 64.9 Å². The highest BCUT2D eigenvalue weighted by molar-refractivity contribution is 5.81. The third-order valence-corrected chi connectivity index (χ3v) is 3.51. The number of carbonyl (C=O) groups is 1. The quantitative estimate of drug-likeness (QED) is 0.617. The Labute approximate surface area is 129 Å². The van der Waals surface area contributed by atoms with Gasteiger partial charge in [0.05, 0.1) is 0 Å². The second-order valence-corrected chi connectivity index (χ2v) is 5.39. The van der Waals surface area contributed by atoms with Gasteiger partial charge < -0.3 is 10.1 Å². The molecule has 3 heteroatoms. The molecule has 0 radical (unpaired) electrons. The van der Waals surface area contributed by atoms with E-state index in [1.165, 1.54) is 32.1 Å². The second-order valence-electron chi connectivity index (χ2n) is 5.39. The van der Waals surface area contributed by atoms with E-state index in [1.54, 1.807) is 0 Å². The van der Waals surface area contributed by atoms with Gasteiger partial charge in [-0.25, -0.2) is 0 Å². The maximum absolute atomic E-state index is 12.1. The number of para-hydroxylation sites is 1. The van der Waals surface area contributed by atoms with Gasteiger partial charge in [-0.3, -0.25) is 4.79 Å². The summed E-state index contributed by atoms with van der Waals surface area (Å²) < 4.78 is 5.72. The highest BCUT2D eigenvalue weighted by Gasteiger charge is 2.17. The fourth-order valence-electron chi connectivity index (χ4n) is 2.22. The van der Waals surface area contributed by atoms with Crippen molar-refractivity contribution in [3.63, 3.8) is 0 Å². The van der Waals surface area contributed by atoms with Crippen LogP contribution in [0.2, 0.25) is 0 Å². The Kier molecular flexibility index (Phi) is 9.34. The largest absolute Gasteiger partial charge is 0.481 e. The van der Waals surface area contributed by atoms with Crippen molar-refractivity contribution in [2.75, 3.05) is 6.54 Å². The van der Waals surface area contributed by atoms with Gasteiger partial charge in [-0.2, -0.15) is 0 Å². The number of ether oxygens (including phenoxy) is 1. The van der Waals surface area contributed by atoms with E-state index in [-0.39, 0.29) is 5.91 Å². The lowest BCUT2D eigenvalue weighted by molar-refractivity contribution is -0.128. The molecule has 1 N–H and O–H groups in total. The zero-order valence-electron chi connectivity index (χ0n) is 13.4. The number of carbonyl (C=O) groups excluding carboxylic acids is 1. The summed E-state index contributed by atoms with van der Waals surface area (Å²) in [7, 11) is 0. The number of nitrogens with one attached hydrogen (secondary N) is 1. The molecule has 1 atom stereocenters. The molecule has 0 aliphatic rings. The smallest absolute Gasteiger partial charge is 0.261 e. The van der Waals surface area contributed by atoms with Gasteiger partial charge in [-0.15, -0.1) is 0 Å². The van der Waals surface area contributed by atoms with Crippen LogP contribution in [0.3, 0.4) is 0 Å². The van der Waals surface area contributed by atoms with Crippen molar-refractivity contribution in [1.82, 2.24) is 5.32 Å². The first-order valence-electron chi connectivity index (χ1n) is 8.27. The SMILES string of the molecule is CCCCCCCCNC(=O)C(CC)Oc1ccccc1. The molecule has 0 bridgehead atoms. The highest BCUT2D eigenvalue weighted by Crippen LogP contribution is 2.12. The Hall–Kier alpha value is -1.51. The second kappa shape index (κ2) is 11.2. The van der Waals surface area contributed by atoms with Gasteiger partial charge in [0.1, 0.15) is 5.75 Å². The van der Waals surface area contributed by atoms with Gasteiger partial charge in [0.25, 0.3) is 5.91 Å². The van der Waals surface area contributed by atoms with Crippen LogP contribution >= 0.6 is 0 Å². The topological polar surface area (TPSA) is 38.3 Å². The minimum Gasteiger partial charge on any atom is -0.481 e. The Morgan fingerprint density at radius 2 is 1.71 bits per heavy atom. The summed E-state index contributed by atoms with van der Waals surface area (Å²) in [6.45, 7) is 4.94. The molecule has 0 aliphatic heterocycles. The summed E-state index contributed by atoms with van der Waals surface area (Å²) in [6.07, 6.45) is 7.68. The van der Waals surface area contributed by atoms with Crippen LogP contribution in [0.15, 0.2) is 30.3 Å². The number of amides is 1. The third kappa shape index (κ3) is 7.74. The standard InChI is InChI=1S/C18H29NO2/c1-3-5-6-7-8-12-15-19-18(20)17(4-2)21-16-13-10-9-11-14-16/h9-11,13-14,17H,3-8,12,15H2,1-2H3,(H,19,20). The monoisotopic (exact) mass is 291 g/mol. The van der Waals surface area contributed by atoms with Gasteiger partial charge in [-0.05, 0) is 25.0 Å². The molecule has 21 heavy (non-hydrogen) atoms. The molecule has 0 heterocycles. The predicted octanol–water partition coefficient (Wildman–Crippen LogP) is 4.32. The zero-order valence-corrected chi connectivity index (χ0v) is 13.4. The highest BCUT2D eigenvalue weighted by atomic mass is 16.5. The van der Waals surface area contributed by atoms with Gasteiger partial charge in [-0.1, -0.05) is 64.2 Å². The molecule has 1 aromatic carbocycles.